The van der Waals surface area contributed by atoms with Crippen molar-refractivity contribution >= 4 is 61.9 Å². The Morgan fingerprint density at radius 1 is 1.00 bits per heavy atom. The number of carbonyl (C=O) groups is 1. The smallest absolute Gasteiger partial charge is 0.244 e. The lowest BCUT2D eigenvalue weighted by molar-refractivity contribution is -0.116. The molecule has 0 saturated carbocycles. The van der Waals surface area contributed by atoms with Crippen LogP contribution < -0.4 is 10.6 Å². The van der Waals surface area contributed by atoms with E-state index < -0.39 is 0 Å². The first-order chi connectivity index (χ1) is 19.5. The number of carbonyl (C=O) groups excluding carboxylic acids is 1. The summed E-state index contributed by atoms with van der Waals surface area (Å²) < 4.78 is 2.55. The van der Waals surface area contributed by atoms with Crippen LogP contribution in [0.4, 0.5) is 5.82 Å². The molecule has 6 aromatic rings. The van der Waals surface area contributed by atoms with Crippen molar-refractivity contribution in [3.8, 4) is 11.3 Å². The van der Waals surface area contributed by atoms with Gasteiger partial charge >= 0.3 is 0 Å². The summed E-state index contributed by atoms with van der Waals surface area (Å²) in [7, 11) is 0. The molecule has 0 aliphatic heterocycles. The van der Waals surface area contributed by atoms with Gasteiger partial charge in [-0.1, -0.05) is 72.3 Å². The average Bonchev–Trinajstić information content (AvgIpc) is 3.57. The summed E-state index contributed by atoms with van der Waals surface area (Å²) >= 11 is 10.0. The number of hydrogen-bond donors (Lipinski definition) is 3. The second-order valence-electron chi connectivity index (χ2n) is 9.25. The maximum atomic E-state index is 12.5. The first-order valence-corrected chi connectivity index (χ1v) is 13.9. The number of nitrogens with one attached hydrogen (secondary N) is 3. The van der Waals surface area contributed by atoms with Crippen LogP contribution in [0.25, 0.3) is 33.9 Å². The van der Waals surface area contributed by atoms with Crippen LogP contribution in [0, 0.1) is 0 Å². The van der Waals surface area contributed by atoms with Crippen LogP contribution in [0.5, 0.6) is 0 Å². The molecule has 0 bridgehead atoms. The van der Waals surface area contributed by atoms with E-state index in [0.717, 1.165) is 49.1 Å². The second kappa shape index (κ2) is 11.4. The quantitative estimate of drug-likeness (QED) is 0.158. The zero-order chi connectivity index (χ0) is 27.5. The van der Waals surface area contributed by atoms with Gasteiger partial charge in [0.05, 0.1) is 16.4 Å². The van der Waals surface area contributed by atoms with Crippen molar-refractivity contribution in [1.82, 2.24) is 24.9 Å². The van der Waals surface area contributed by atoms with E-state index in [1.54, 1.807) is 16.8 Å². The maximum Gasteiger partial charge on any atom is 0.244 e. The molecule has 3 N–H and O–H groups in total. The lowest BCUT2D eigenvalue weighted by Crippen LogP contribution is -2.20. The molecule has 6 rings (SSSR count). The predicted molar refractivity (Wildman–Crippen MR) is 164 cm³/mol. The number of halogens is 2. The zero-order valence-corrected chi connectivity index (χ0v) is 23.6. The van der Waals surface area contributed by atoms with Crippen molar-refractivity contribution in [3.63, 3.8) is 0 Å². The fourth-order valence-electron chi connectivity index (χ4n) is 4.56. The fraction of sp³-hybridized carbons (Fsp3) is 0.0645. The molecule has 0 unspecified atom stereocenters. The van der Waals surface area contributed by atoms with Crippen LogP contribution in [0.1, 0.15) is 16.7 Å². The highest BCUT2D eigenvalue weighted by Gasteiger charge is 2.13. The summed E-state index contributed by atoms with van der Waals surface area (Å²) in [5.41, 5.74) is 6.38. The molecule has 198 valence electrons. The van der Waals surface area contributed by atoms with E-state index >= 15 is 0 Å². The summed E-state index contributed by atoms with van der Waals surface area (Å²) in [5, 5.41) is 12.6. The number of aromatic amines is 1. The number of amides is 1. The molecule has 3 aromatic carbocycles. The van der Waals surface area contributed by atoms with Crippen molar-refractivity contribution in [2.24, 2.45) is 0 Å². The number of para-hydroxylation sites is 1. The van der Waals surface area contributed by atoms with Crippen molar-refractivity contribution in [1.29, 1.82) is 0 Å². The summed E-state index contributed by atoms with van der Waals surface area (Å²) in [4.78, 5) is 20.5. The minimum absolute atomic E-state index is 0.149. The van der Waals surface area contributed by atoms with Gasteiger partial charge in [-0.2, -0.15) is 9.61 Å². The number of hydrogen-bond acceptors (Lipinski definition) is 4. The molecule has 0 atom stereocenters. The third-order valence-electron chi connectivity index (χ3n) is 6.55. The third kappa shape index (κ3) is 5.50. The first-order valence-electron chi connectivity index (χ1n) is 12.7. The SMILES string of the molecule is O=C(C=Cc1c[nH]c2ccccc12)NCc1cccc(CNc2cc(-c3ccccc3Cl)nc3c(Br)cnn23)c1. The van der Waals surface area contributed by atoms with Crippen molar-refractivity contribution in [3.05, 3.63) is 124 Å². The molecule has 0 aliphatic carbocycles. The predicted octanol–water partition coefficient (Wildman–Crippen LogP) is 7.24. The molecule has 3 heterocycles. The molecule has 0 saturated heterocycles. The topological polar surface area (TPSA) is 87.1 Å². The van der Waals surface area contributed by atoms with Crippen molar-refractivity contribution in [2.75, 3.05) is 5.32 Å². The number of rotatable bonds is 8. The average molecular weight is 612 g/mol. The van der Waals surface area contributed by atoms with Crippen LogP contribution in [-0.2, 0) is 17.9 Å². The Labute approximate surface area is 244 Å². The molecule has 40 heavy (non-hydrogen) atoms. The molecule has 9 heteroatoms. The van der Waals surface area contributed by atoms with Gasteiger partial charge in [-0.05, 0) is 50.8 Å². The lowest BCUT2D eigenvalue weighted by atomic mass is 10.1. The Kier molecular flexibility index (Phi) is 7.35. The van der Waals surface area contributed by atoms with E-state index in [2.05, 4.69) is 42.7 Å². The summed E-state index contributed by atoms with van der Waals surface area (Å²) in [6.45, 7) is 0.980. The number of benzene rings is 3. The van der Waals surface area contributed by atoms with E-state index in [0.29, 0.717) is 23.8 Å². The number of fused-ring (bicyclic) bond motifs is 2. The Balaban J connectivity index is 1.14. The van der Waals surface area contributed by atoms with Crippen molar-refractivity contribution in [2.45, 2.75) is 13.1 Å². The second-order valence-corrected chi connectivity index (χ2v) is 10.5. The van der Waals surface area contributed by atoms with Gasteiger partial charge in [0.2, 0.25) is 5.91 Å². The molecule has 0 fully saturated rings. The largest absolute Gasteiger partial charge is 0.366 e. The molecule has 1 amide bonds. The summed E-state index contributed by atoms with van der Waals surface area (Å²) in [6.07, 6.45) is 7.02. The Bertz CT molecular complexity index is 1880. The number of aromatic nitrogens is 4. The highest BCUT2D eigenvalue weighted by Crippen LogP contribution is 2.30. The minimum atomic E-state index is -0.149. The number of anilines is 1. The van der Waals surface area contributed by atoms with Gasteiger partial charge in [0.1, 0.15) is 5.82 Å². The van der Waals surface area contributed by atoms with Gasteiger partial charge in [0, 0.05) is 52.9 Å². The minimum Gasteiger partial charge on any atom is -0.366 e. The highest BCUT2D eigenvalue weighted by molar-refractivity contribution is 9.10. The Hall–Kier alpha value is -4.40. The van der Waals surface area contributed by atoms with E-state index in [4.69, 9.17) is 16.6 Å². The Morgan fingerprint density at radius 2 is 1.80 bits per heavy atom. The maximum absolute atomic E-state index is 12.5. The monoisotopic (exact) mass is 610 g/mol. The number of nitrogens with zero attached hydrogens (tertiary/aromatic N) is 3. The number of H-pyrrole nitrogens is 1. The standard InChI is InChI=1S/C31H24BrClN6O/c32-25-19-37-39-29(15-28(38-31(25)39)24-9-1-3-10-26(24)33)35-16-20-6-5-7-21(14-20)17-36-30(40)13-12-22-18-34-27-11-4-2-8-23(22)27/h1-15,18-19,34-35H,16-17H2,(H,36,40). The van der Waals surface area contributed by atoms with E-state index in [-0.39, 0.29) is 5.91 Å². The van der Waals surface area contributed by atoms with Gasteiger partial charge in [0.25, 0.3) is 0 Å². The first kappa shape index (κ1) is 25.9. The lowest BCUT2D eigenvalue weighted by Gasteiger charge is -2.12. The van der Waals surface area contributed by atoms with Gasteiger partial charge < -0.3 is 15.6 Å². The third-order valence-corrected chi connectivity index (χ3v) is 7.43. The van der Waals surface area contributed by atoms with Crippen LogP contribution in [0.3, 0.4) is 0 Å². The molecular weight excluding hydrogens is 588 g/mol. The summed E-state index contributed by atoms with van der Waals surface area (Å²) in [5.74, 6) is 0.635. The Morgan fingerprint density at radius 3 is 2.67 bits per heavy atom. The molecule has 0 aliphatic rings. The van der Waals surface area contributed by atoms with Crippen LogP contribution in [-0.4, -0.2) is 25.5 Å². The fourth-order valence-corrected chi connectivity index (χ4v) is 5.14. The van der Waals surface area contributed by atoms with E-state index in [9.17, 15) is 4.79 Å². The molecule has 7 nitrogen and oxygen atoms in total. The van der Waals surface area contributed by atoms with Crippen molar-refractivity contribution < 1.29 is 4.79 Å². The van der Waals surface area contributed by atoms with Crippen LogP contribution in [0.15, 0.2) is 102 Å². The van der Waals surface area contributed by atoms with Crippen LogP contribution >= 0.6 is 27.5 Å². The van der Waals surface area contributed by atoms with Gasteiger partial charge in [-0.3, -0.25) is 4.79 Å². The van der Waals surface area contributed by atoms with Crippen LogP contribution in [0.2, 0.25) is 5.02 Å². The molecular formula is C31H24BrClN6O. The van der Waals surface area contributed by atoms with E-state index in [1.807, 2.05) is 85.1 Å². The van der Waals surface area contributed by atoms with Gasteiger partial charge in [-0.25, -0.2) is 4.98 Å². The normalized spacial score (nSPS) is 11.4. The van der Waals surface area contributed by atoms with E-state index in [1.165, 1.54) is 0 Å². The van der Waals surface area contributed by atoms with Gasteiger partial charge in [0.15, 0.2) is 5.65 Å². The zero-order valence-electron chi connectivity index (χ0n) is 21.2. The summed E-state index contributed by atoms with van der Waals surface area (Å²) in [6, 6.07) is 25.7. The molecule has 3 aromatic heterocycles. The molecule has 0 spiro atoms. The van der Waals surface area contributed by atoms with Gasteiger partial charge in [-0.15, -0.1) is 0 Å². The highest BCUT2D eigenvalue weighted by atomic mass is 79.9. The molecule has 0 radical (unpaired) electrons.